The Kier molecular flexibility index (Phi) is 5.77. The molecule has 4 heteroatoms. The van der Waals surface area contributed by atoms with Gasteiger partial charge in [-0.15, -0.1) is 12.4 Å². The topological polar surface area (TPSA) is 55.1 Å². The quantitative estimate of drug-likeness (QED) is 0.786. The Morgan fingerprint density at radius 1 is 1.38 bits per heavy atom. The summed E-state index contributed by atoms with van der Waals surface area (Å²) in [6.45, 7) is 8.18. The van der Waals surface area contributed by atoms with E-state index < -0.39 is 6.04 Å². The molecule has 1 amide bonds. The molecule has 1 aliphatic carbocycles. The van der Waals surface area contributed by atoms with Crippen LogP contribution in [0, 0.1) is 11.3 Å². The fraction of sp³-hybridized carbons (Fsp3) is 0.917. The Morgan fingerprint density at radius 2 is 1.94 bits per heavy atom. The maximum Gasteiger partial charge on any atom is 0.237 e. The zero-order valence-corrected chi connectivity index (χ0v) is 11.6. The third kappa shape index (κ3) is 3.95. The van der Waals surface area contributed by atoms with Gasteiger partial charge in [0, 0.05) is 6.04 Å². The number of carbonyl (C=O) groups excluding carboxylic acids is 1. The van der Waals surface area contributed by atoms with Crippen molar-refractivity contribution in [1.29, 1.82) is 0 Å². The van der Waals surface area contributed by atoms with Crippen LogP contribution in [0.25, 0.3) is 0 Å². The smallest absolute Gasteiger partial charge is 0.237 e. The van der Waals surface area contributed by atoms with Crippen LogP contribution in [-0.2, 0) is 4.79 Å². The predicted octanol–water partition coefficient (Wildman–Crippen LogP) is 2.09. The number of hydrogen-bond donors (Lipinski definition) is 2. The number of nitrogens with one attached hydrogen (secondary N) is 1. The third-order valence-electron chi connectivity index (χ3n) is 3.40. The molecule has 0 radical (unpaired) electrons. The molecule has 0 aromatic heterocycles. The first-order chi connectivity index (χ1) is 6.82. The largest absolute Gasteiger partial charge is 0.352 e. The summed E-state index contributed by atoms with van der Waals surface area (Å²) < 4.78 is 0. The summed E-state index contributed by atoms with van der Waals surface area (Å²) in [5, 5.41) is 3.07. The number of rotatable bonds is 2. The second-order valence-electron chi connectivity index (χ2n) is 5.87. The van der Waals surface area contributed by atoms with Gasteiger partial charge in [-0.3, -0.25) is 4.79 Å². The van der Waals surface area contributed by atoms with Crippen LogP contribution in [0.3, 0.4) is 0 Å². The molecule has 1 aliphatic rings. The zero-order valence-electron chi connectivity index (χ0n) is 10.7. The molecule has 0 aromatic rings. The molecule has 0 bridgehead atoms. The van der Waals surface area contributed by atoms with Gasteiger partial charge in [0.1, 0.15) is 0 Å². The van der Waals surface area contributed by atoms with E-state index >= 15 is 0 Å². The average molecular weight is 249 g/mol. The number of nitrogens with two attached hydrogens (primary N) is 1. The van der Waals surface area contributed by atoms with Crippen molar-refractivity contribution < 1.29 is 4.79 Å². The van der Waals surface area contributed by atoms with Crippen LogP contribution in [-0.4, -0.2) is 18.0 Å². The van der Waals surface area contributed by atoms with Gasteiger partial charge in [-0.1, -0.05) is 34.1 Å². The van der Waals surface area contributed by atoms with Gasteiger partial charge in [0.25, 0.3) is 0 Å². The second-order valence-corrected chi connectivity index (χ2v) is 5.87. The van der Waals surface area contributed by atoms with Crippen molar-refractivity contribution in [2.24, 2.45) is 17.1 Å². The summed E-state index contributed by atoms with van der Waals surface area (Å²) in [6, 6.07) is -0.0730. The minimum absolute atomic E-state index is 0. The van der Waals surface area contributed by atoms with E-state index in [1.807, 2.05) is 20.8 Å². The van der Waals surface area contributed by atoms with E-state index in [0.29, 0.717) is 12.0 Å². The van der Waals surface area contributed by atoms with E-state index in [9.17, 15) is 4.79 Å². The van der Waals surface area contributed by atoms with E-state index in [0.717, 1.165) is 6.42 Å². The first-order valence-electron chi connectivity index (χ1n) is 5.88. The van der Waals surface area contributed by atoms with Crippen LogP contribution in [0.2, 0.25) is 0 Å². The maximum absolute atomic E-state index is 11.9. The summed E-state index contributed by atoms with van der Waals surface area (Å²) in [6.07, 6.45) is 3.54. The van der Waals surface area contributed by atoms with Gasteiger partial charge in [0.05, 0.1) is 6.04 Å². The molecule has 3 atom stereocenters. The number of carbonyl (C=O) groups is 1. The number of halogens is 1. The van der Waals surface area contributed by atoms with Crippen molar-refractivity contribution in [2.45, 2.75) is 59.0 Å². The SMILES string of the molecule is CC1CCCC1NC(=O)[C@@H](N)C(C)(C)C.Cl. The predicted molar refractivity (Wildman–Crippen MR) is 69.6 cm³/mol. The Bertz CT molecular complexity index is 238. The van der Waals surface area contributed by atoms with Crippen molar-refractivity contribution in [2.75, 3.05) is 0 Å². The van der Waals surface area contributed by atoms with Crippen LogP contribution in [0.1, 0.15) is 47.0 Å². The van der Waals surface area contributed by atoms with Gasteiger partial charge < -0.3 is 11.1 Å². The van der Waals surface area contributed by atoms with Crippen LogP contribution >= 0.6 is 12.4 Å². The van der Waals surface area contributed by atoms with Gasteiger partial charge in [-0.25, -0.2) is 0 Å². The first-order valence-corrected chi connectivity index (χ1v) is 5.88. The molecular formula is C12H25ClN2O. The highest BCUT2D eigenvalue weighted by Crippen LogP contribution is 2.25. The van der Waals surface area contributed by atoms with Crippen LogP contribution < -0.4 is 11.1 Å². The summed E-state index contributed by atoms with van der Waals surface area (Å²) in [7, 11) is 0. The normalized spacial score (nSPS) is 27.1. The lowest BCUT2D eigenvalue weighted by atomic mass is 9.86. The standard InChI is InChI=1S/C12H24N2O.ClH/c1-8-6-5-7-9(8)14-11(15)10(13)12(2,3)4;/h8-10H,5-7,13H2,1-4H3,(H,14,15);1H/t8?,9?,10-;/m1./s1. The molecule has 3 N–H and O–H groups in total. The van der Waals surface area contributed by atoms with Crippen LogP contribution in [0.15, 0.2) is 0 Å². The fourth-order valence-electron chi connectivity index (χ4n) is 2.03. The molecule has 0 aromatic carbocycles. The van der Waals surface area contributed by atoms with Gasteiger partial charge >= 0.3 is 0 Å². The Hall–Kier alpha value is -0.280. The Balaban J connectivity index is 0.00000225. The molecular weight excluding hydrogens is 224 g/mol. The summed E-state index contributed by atoms with van der Waals surface area (Å²) >= 11 is 0. The van der Waals surface area contributed by atoms with Gasteiger partial charge in [0.15, 0.2) is 0 Å². The van der Waals surface area contributed by atoms with E-state index in [-0.39, 0.29) is 23.7 Å². The van der Waals surface area contributed by atoms with E-state index in [4.69, 9.17) is 5.73 Å². The van der Waals surface area contributed by atoms with Crippen molar-refractivity contribution in [3.05, 3.63) is 0 Å². The van der Waals surface area contributed by atoms with Gasteiger partial charge in [-0.05, 0) is 24.2 Å². The molecule has 0 aliphatic heterocycles. The molecule has 1 rings (SSSR count). The molecule has 1 fully saturated rings. The van der Waals surface area contributed by atoms with Crippen LogP contribution in [0.4, 0.5) is 0 Å². The molecule has 0 spiro atoms. The first kappa shape index (κ1) is 15.7. The van der Waals surface area contributed by atoms with E-state index in [1.54, 1.807) is 0 Å². The van der Waals surface area contributed by atoms with Crippen molar-refractivity contribution in [3.63, 3.8) is 0 Å². The Morgan fingerprint density at radius 3 is 2.31 bits per heavy atom. The summed E-state index contributed by atoms with van der Waals surface area (Å²) in [5.74, 6) is 0.599. The zero-order chi connectivity index (χ0) is 11.6. The lowest BCUT2D eigenvalue weighted by Crippen LogP contribution is -2.51. The highest BCUT2D eigenvalue weighted by atomic mass is 35.5. The monoisotopic (exact) mass is 248 g/mol. The van der Waals surface area contributed by atoms with Crippen LogP contribution in [0.5, 0.6) is 0 Å². The minimum atomic E-state index is -0.412. The van der Waals surface area contributed by atoms with E-state index in [1.165, 1.54) is 12.8 Å². The molecule has 2 unspecified atom stereocenters. The Labute approximate surface area is 105 Å². The minimum Gasteiger partial charge on any atom is -0.352 e. The third-order valence-corrected chi connectivity index (χ3v) is 3.40. The number of hydrogen-bond acceptors (Lipinski definition) is 2. The lowest BCUT2D eigenvalue weighted by molar-refractivity contribution is -0.125. The maximum atomic E-state index is 11.9. The van der Waals surface area contributed by atoms with Crippen molar-refractivity contribution in [3.8, 4) is 0 Å². The molecule has 16 heavy (non-hydrogen) atoms. The van der Waals surface area contributed by atoms with Gasteiger partial charge in [0.2, 0.25) is 5.91 Å². The molecule has 0 saturated heterocycles. The highest BCUT2D eigenvalue weighted by Gasteiger charge is 2.31. The summed E-state index contributed by atoms with van der Waals surface area (Å²) in [5.41, 5.74) is 5.74. The van der Waals surface area contributed by atoms with Crippen molar-refractivity contribution in [1.82, 2.24) is 5.32 Å². The average Bonchev–Trinajstić information content (AvgIpc) is 2.49. The molecule has 0 heterocycles. The number of amides is 1. The molecule has 1 saturated carbocycles. The molecule has 96 valence electrons. The lowest BCUT2D eigenvalue weighted by Gasteiger charge is -2.28. The fourth-order valence-corrected chi connectivity index (χ4v) is 2.03. The highest BCUT2D eigenvalue weighted by molar-refractivity contribution is 5.85. The summed E-state index contributed by atoms with van der Waals surface area (Å²) in [4.78, 5) is 11.9. The second kappa shape index (κ2) is 5.87. The molecule has 3 nitrogen and oxygen atoms in total. The van der Waals surface area contributed by atoms with Crippen molar-refractivity contribution >= 4 is 18.3 Å². The van der Waals surface area contributed by atoms with Gasteiger partial charge in [-0.2, -0.15) is 0 Å². The van der Waals surface area contributed by atoms with E-state index in [2.05, 4.69) is 12.2 Å².